The highest BCUT2D eigenvalue weighted by Gasteiger charge is 2.19. The number of rotatable bonds is 9. The van der Waals surface area contributed by atoms with Crippen molar-refractivity contribution in [2.75, 3.05) is 52.5 Å². The Balaban J connectivity index is 1.98. The normalized spacial score (nSPS) is 21.9. The van der Waals surface area contributed by atoms with E-state index < -0.39 is 0 Å². The van der Waals surface area contributed by atoms with Crippen molar-refractivity contribution >= 4 is 0 Å². The maximum Gasteiger partial charge on any atom is 0.0935 e. The zero-order valence-corrected chi connectivity index (χ0v) is 11.4. The lowest BCUT2D eigenvalue weighted by Gasteiger charge is -2.32. The van der Waals surface area contributed by atoms with E-state index in [4.69, 9.17) is 9.47 Å². The van der Waals surface area contributed by atoms with Crippen molar-refractivity contribution in [3.05, 3.63) is 0 Å². The van der Waals surface area contributed by atoms with Crippen LogP contribution in [-0.4, -0.2) is 63.5 Å². The van der Waals surface area contributed by atoms with Crippen LogP contribution >= 0.6 is 0 Å². The number of hydrogen-bond acceptors (Lipinski definition) is 4. The van der Waals surface area contributed by atoms with Crippen LogP contribution in [0.5, 0.6) is 0 Å². The summed E-state index contributed by atoms with van der Waals surface area (Å²) in [6.45, 7) is 12.1. The van der Waals surface area contributed by atoms with Gasteiger partial charge in [-0.25, -0.2) is 0 Å². The minimum absolute atomic E-state index is 0.273. The fourth-order valence-electron chi connectivity index (χ4n) is 2.09. The molecule has 1 aliphatic rings. The van der Waals surface area contributed by atoms with E-state index in [1.807, 2.05) is 0 Å². The van der Waals surface area contributed by atoms with Gasteiger partial charge in [-0.2, -0.15) is 0 Å². The molecule has 1 fully saturated rings. The Morgan fingerprint density at radius 3 is 3.06 bits per heavy atom. The lowest BCUT2D eigenvalue weighted by Crippen LogP contribution is -2.44. The highest BCUT2D eigenvalue weighted by Crippen LogP contribution is 2.06. The quantitative estimate of drug-likeness (QED) is 0.616. The average Bonchev–Trinajstić information content (AvgIpc) is 2.35. The second-order valence-electron chi connectivity index (χ2n) is 4.58. The minimum atomic E-state index is 0.273. The van der Waals surface area contributed by atoms with Gasteiger partial charge >= 0.3 is 0 Å². The fourth-order valence-corrected chi connectivity index (χ4v) is 2.09. The molecule has 102 valence electrons. The Morgan fingerprint density at radius 2 is 2.29 bits per heavy atom. The first-order chi connectivity index (χ1) is 8.36. The molecule has 1 aliphatic heterocycles. The van der Waals surface area contributed by atoms with Gasteiger partial charge in [0.25, 0.3) is 0 Å². The molecule has 1 heterocycles. The maximum atomic E-state index is 5.70. The van der Waals surface area contributed by atoms with E-state index in [9.17, 15) is 0 Å². The summed E-state index contributed by atoms with van der Waals surface area (Å²) in [5.41, 5.74) is 0. The second kappa shape index (κ2) is 9.83. The molecule has 0 bridgehead atoms. The van der Waals surface area contributed by atoms with Crippen LogP contribution in [0.15, 0.2) is 0 Å². The Labute approximate surface area is 106 Å². The lowest BCUT2D eigenvalue weighted by atomic mass is 10.2. The van der Waals surface area contributed by atoms with Gasteiger partial charge < -0.3 is 14.8 Å². The average molecular weight is 244 g/mol. The van der Waals surface area contributed by atoms with Crippen LogP contribution < -0.4 is 5.32 Å². The molecule has 1 rings (SSSR count). The monoisotopic (exact) mass is 244 g/mol. The summed E-state index contributed by atoms with van der Waals surface area (Å²) in [5, 5.41) is 3.29. The molecule has 0 unspecified atom stereocenters. The van der Waals surface area contributed by atoms with Crippen molar-refractivity contribution in [3.63, 3.8) is 0 Å². The number of hydrogen-bond donors (Lipinski definition) is 1. The van der Waals surface area contributed by atoms with Gasteiger partial charge in [-0.3, -0.25) is 4.90 Å². The van der Waals surface area contributed by atoms with Gasteiger partial charge in [-0.05, 0) is 32.5 Å². The molecule has 0 amide bonds. The number of ether oxygens (including phenoxy) is 2. The van der Waals surface area contributed by atoms with E-state index >= 15 is 0 Å². The van der Waals surface area contributed by atoms with Crippen LogP contribution in [0, 0.1) is 0 Å². The Bertz CT molecular complexity index is 177. The van der Waals surface area contributed by atoms with Gasteiger partial charge in [0.05, 0.1) is 19.3 Å². The topological polar surface area (TPSA) is 33.7 Å². The van der Waals surface area contributed by atoms with Crippen molar-refractivity contribution in [2.24, 2.45) is 0 Å². The van der Waals surface area contributed by atoms with Crippen LogP contribution in [0.1, 0.15) is 26.7 Å². The lowest BCUT2D eigenvalue weighted by molar-refractivity contribution is -0.0690. The van der Waals surface area contributed by atoms with Crippen molar-refractivity contribution < 1.29 is 9.47 Å². The Morgan fingerprint density at radius 1 is 1.41 bits per heavy atom. The van der Waals surface area contributed by atoms with Crippen molar-refractivity contribution in [3.8, 4) is 0 Å². The minimum Gasteiger partial charge on any atom is -0.379 e. The van der Waals surface area contributed by atoms with Gasteiger partial charge in [0.15, 0.2) is 0 Å². The SMILES string of the molecule is CCCN1CCO[C@H](COCCCNCC)C1. The van der Waals surface area contributed by atoms with Gasteiger partial charge in [0.2, 0.25) is 0 Å². The molecule has 0 aromatic heterocycles. The largest absolute Gasteiger partial charge is 0.379 e. The van der Waals surface area contributed by atoms with Crippen LogP contribution in [0.2, 0.25) is 0 Å². The van der Waals surface area contributed by atoms with E-state index in [2.05, 4.69) is 24.1 Å². The molecular weight excluding hydrogens is 216 g/mol. The molecule has 0 aromatic rings. The van der Waals surface area contributed by atoms with E-state index in [-0.39, 0.29) is 6.10 Å². The first-order valence-electron chi connectivity index (χ1n) is 6.99. The molecule has 4 heteroatoms. The van der Waals surface area contributed by atoms with Gasteiger partial charge in [-0.1, -0.05) is 13.8 Å². The molecule has 1 atom stereocenters. The van der Waals surface area contributed by atoms with E-state index in [1.54, 1.807) is 0 Å². The summed E-state index contributed by atoms with van der Waals surface area (Å²) < 4.78 is 11.4. The third-order valence-electron chi connectivity index (χ3n) is 2.96. The Kier molecular flexibility index (Phi) is 8.61. The molecule has 0 aromatic carbocycles. The van der Waals surface area contributed by atoms with E-state index in [0.717, 1.165) is 52.4 Å². The van der Waals surface area contributed by atoms with Crippen molar-refractivity contribution in [1.82, 2.24) is 10.2 Å². The van der Waals surface area contributed by atoms with Crippen molar-refractivity contribution in [1.29, 1.82) is 0 Å². The van der Waals surface area contributed by atoms with Gasteiger partial charge in [0, 0.05) is 19.7 Å². The molecule has 1 saturated heterocycles. The molecule has 4 nitrogen and oxygen atoms in total. The number of morpholine rings is 1. The summed E-state index contributed by atoms with van der Waals surface area (Å²) in [6.07, 6.45) is 2.57. The third kappa shape index (κ3) is 6.99. The van der Waals surface area contributed by atoms with Gasteiger partial charge in [0.1, 0.15) is 0 Å². The smallest absolute Gasteiger partial charge is 0.0935 e. The zero-order chi connectivity index (χ0) is 12.3. The van der Waals surface area contributed by atoms with E-state index in [1.165, 1.54) is 13.0 Å². The highest BCUT2D eigenvalue weighted by atomic mass is 16.5. The Hall–Kier alpha value is -0.160. The van der Waals surface area contributed by atoms with E-state index in [0.29, 0.717) is 0 Å². The molecule has 0 spiro atoms. The second-order valence-corrected chi connectivity index (χ2v) is 4.58. The number of nitrogens with one attached hydrogen (secondary N) is 1. The fraction of sp³-hybridized carbons (Fsp3) is 1.00. The first-order valence-corrected chi connectivity index (χ1v) is 6.99. The summed E-state index contributed by atoms with van der Waals surface area (Å²) in [5.74, 6) is 0. The molecule has 0 aliphatic carbocycles. The summed E-state index contributed by atoms with van der Waals surface area (Å²) in [6, 6.07) is 0. The molecule has 0 radical (unpaired) electrons. The highest BCUT2D eigenvalue weighted by molar-refractivity contribution is 4.70. The van der Waals surface area contributed by atoms with Crippen LogP contribution in [0.3, 0.4) is 0 Å². The molecular formula is C13H28N2O2. The number of nitrogens with zero attached hydrogens (tertiary/aromatic N) is 1. The summed E-state index contributed by atoms with van der Waals surface area (Å²) in [4.78, 5) is 2.47. The summed E-state index contributed by atoms with van der Waals surface area (Å²) in [7, 11) is 0. The zero-order valence-electron chi connectivity index (χ0n) is 11.4. The standard InChI is InChI=1S/C13H28N2O2/c1-3-7-15-8-10-17-13(11-15)12-16-9-5-6-14-4-2/h13-14H,3-12H2,1-2H3/t13-/m0/s1. The summed E-state index contributed by atoms with van der Waals surface area (Å²) >= 11 is 0. The maximum absolute atomic E-state index is 5.70. The molecule has 0 saturated carbocycles. The molecule has 17 heavy (non-hydrogen) atoms. The first kappa shape index (κ1) is 14.9. The predicted molar refractivity (Wildman–Crippen MR) is 70.5 cm³/mol. The third-order valence-corrected chi connectivity index (χ3v) is 2.96. The van der Waals surface area contributed by atoms with Crippen LogP contribution in [0.4, 0.5) is 0 Å². The molecule has 1 N–H and O–H groups in total. The predicted octanol–water partition coefficient (Wildman–Crippen LogP) is 1.11. The van der Waals surface area contributed by atoms with Crippen LogP contribution in [-0.2, 0) is 9.47 Å². The van der Waals surface area contributed by atoms with Crippen LogP contribution in [0.25, 0.3) is 0 Å². The van der Waals surface area contributed by atoms with Gasteiger partial charge in [-0.15, -0.1) is 0 Å². The van der Waals surface area contributed by atoms with Crippen molar-refractivity contribution in [2.45, 2.75) is 32.8 Å².